The molecule has 0 saturated carbocycles. The molecular formula is C32H33N13O. The van der Waals surface area contributed by atoms with Gasteiger partial charge >= 0.3 is 0 Å². The van der Waals surface area contributed by atoms with E-state index in [0.717, 1.165) is 55.3 Å². The average molecular weight is 616 g/mol. The molecule has 1 amide bonds. The van der Waals surface area contributed by atoms with Gasteiger partial charge in [-0.2, -0.15) is 5.26 Å². The van der Waals surface area contributed by atoms with E-state index in [2.05, 4.69) is 64.8 Å². The van der Waals surface area contributed by atoms with Crippen LogP contribution in [0.2, 0.25) is 0 Å². The van der Waals surface area contributed by atoms with E-state index >= 15 is 0 Å². The van der Waals surface area contributed by atoms with Crippen molar-refractivity contribution in [2.45, 2.75) is 13.0 Å². The highest BCUT2D eigenvalue weighted by atomic mass is 16.1. The molecule has 0 bridgehead atoms. The number of pyridine rings is 2. The summed E-state index contributed by atoms with van der Waals surface area (Å²) >= 11 is 0. The normalized spacial score (nSPS) is 16.2. The van der Waals surface area contributed by atoms with Crippen LogP contribution in [0.1, 0.15) is 17.8 Å². The number of imidazole rings is 1. The lowest BCUT2D eigenvalue weighted by atomic mass is 10.1. The first kappa shape index (κ1) is 29.1. The third-order valence-electron chi connectivity index (χ3n) is 8.21. The van der Waals surface area contributed by atoms with Crippen LogP contribution in [0.3, 0.4) is 0 Å². The predicted molar refractivity (Wildman–Crippen MR) is 174 cm³/mol. The second-order valence-electron chi connectivity index (χ2n) is 11.2. The zero-order valence-corrected chi connectivity index (χ0v) is 25.2. The van der Waals surface area contributed by atoms with Gasteiger partial charge in [0.1, 0.15) is 29.0 Å². The molecule has 7 rings (SSSR count). The number of benzene rings is 1. The van der Waals surface area contributed by atoms with Crippen molar-refractivity contribution >= 4 is 34.5 Å². The van der Waals surface area contributed by atoms with Crippen LogP contribution < -0.4 is 21.4 Å². The number of nitrogens with one attached hydrogen (secondary N) is 2. The SMILES string of the molecule is N#Cc1nccc(NN2CCN(Cc3ccc(-n4c(-c5cccnc5N)nc5ccc(N6CCNC(=O)CC6)nc54)cc3)CC2)n1. The lowest BCUT2D eigenvalue weighted by Crippen LogP contribution is -2.48. The van der Waals surface area contributed by atoms with E-state index in [1.54, 1.807) is 18.5 Å². The molecule has 14 heteroatoms. The van der Waals surface area contributed by atoms with Crippen molar-refractivity contribution < 1.29 is 4.79 Å². The quantitative estimate of drug-likeness (QED) is 0.244. The van der Waals surface area contributed by atoms with E-state index in [0.29, 0.717) is 49.2 Å². The number of fused-ring (bicyclic) bond motifs is 1. The Morgan fingerprint density at radius 2 is 1.76 bits per heavy atom. The third kappa shape index (κ3) is 6.14. The summed E-state index contributed by atoms with van der Waals surface area (Å²) < 4.78 is 2.03. The first-order valence-electron chi connectivity index (χ1n) is 15.2. The monoisotopic (exact) mass is 615 g/mol. The maximum atomic E-state index is 11.9. The molecule has 2 aliphatic rings. The number of nitrogen functional groups attached to an aromatic ring is 1. The van der Waals surface area contributed by atoms with E-state index in [-0.39, 0.29) is 11.7 Å². The largest absolute Gasteiger partial charge is 0.383 e. The number of nitriles is 1. The number of hydrogen-bond donors (Lipinski definition) is 3. The number of nitrogens with zero attached hydrogens (tertiary/aromatic N) is 10. The van der Waals surface area contributed by atoms with Gasteiger partial charge in [0.15, 0.2) is 11.5 Å². The van der Waals surface area contributed by atoms with Crippen molar-refractivity contribution in [3.8, 4) is 23.1 Å². The summed E-state index contributed by atoms with van der Waals surface area (Å²) in [5, 5.41) is 14.1. The van der Waals surface area contributed by atoms with E-state index in [9.17, 15) is 4.79 Å². The number of hydrogen-bond acceptors (Lipinski definition) is 12. The third-order valence-corrected chi connectivity index (χ3v) is 8.21. The molecule has 232 valence electrons. The Balaban J connectivity index is 1.12. The summed E-state index contributed by atoms with van der Waals surface area (Å²) in [6, 6.07) is 19.9. The first-order valence-corrected chi connectivity index (χ1v) is 15.2. The summed E-state index contributed by atoms with van der Waals surface area (Å²) in [6.07, 6.45) is 3.68. The number of anilines is 3. The molecule has 0 atom stereocenters. The zero-order valence-electron chi connectivity index (χ0n) is 25.2. The fourth-order valence-electron chi connectivity index (χ4n) is 5.81. The minimum Gasteiger partial charge on any atom is -0.383 e. The number of carbonyl (C=O) groups excluding carboxylic acids is 1. The van der Waals surface area contributed by atoms with Gasteiger partial charge in [0.25, 0.3) is 0 Å². The second kappa shape index (κ2) is 12.8. The van der Waals surface area contributed by atoms with E-state index < -0.39 is 0 Å². The standard InChI is InChI=1S/C32H33N13O/c33-20-27-35-12-9-26(39-27)41-44-18-16-42(17-19-44)21-22-3-5-23(6-4-22)45-31(24-2-1-11-37-30(24)34)38-25-7-8-28(40-32(25)45)43-14-10-29(46)36-13-15-43/h1-9,11-12H,10,13-19,21H2,(H2,34,37)(H,36,46)(H,35,39,41). The van der Waals surface area contributed by atoms with Crippen molar-refractivity contribution in [1.29, 1.82) is 5.26 Å². The molecule has 14 nitrogen and oxygen atoms in total. The van der Waals surface area contributed by atoms with Gasteiger partial charge in [0.05, 0.1) is 5.56 Å². The highest BCUT2D eigenvalue weighted by Crippen LogP contribution is 2.31. The Morgan fingerprint density at radius 3 is 2.57 bits per heavy atom. The fraction of sp³-hybridized carbons (Fsp3) is 0.281. The molecule has 4 aromatic heterocycles. The van der Waals surface area contributed by atoms with Gasteiger partial charge in [-0.15, -0.1) is 0 Å². The van der Waals surface area contributed by atoms with Gasteiger partial charge in [-0.05, 0) is 42.0 Å². The zero-order chi connectivity index (χ0) is 31.5. The lowest BCUT2D eigenvalue weighted by molar-refractivity contribution is -0.120. The molecule has 2 aliphatic heterocycles. The molecule has 6 heterocycles. The van der Waals surface area contributed by atoms with Crippen LogP contribution in [-0.4, -0.2) is 91.1 Å². The minimum atomic E-state index is 0.0546. The van der Waals surface area contributed by atoms with Crippen LogP contribution in [0, 0.1) is 11.3 Å². The second-order valence-corrected chi connectivity index (χ2v) is 11.2. The number of amides is 1. The Morgan fingerprint density at radius 1 is 0.913 bits per heavy atom. The van der Waals surface area contributed by atoms with Crippen molar-refractivity contribution in [3.63, 3.8) is 0 Å². The molecule has 2 saturated heterocycles. The highest BCUT2D eigenvalue weighted by Gasteiger charge is 2.22. The minimum absolute atomic E-state index is 0.0546. The molecule has 46 heavy (non-hydrogen) atoms. The van der Waals surface area contributed by atoms with Gasteiger partial charge in [0, 0.05) is 82.9 Å². The smallest absolute Gasteiger partial charge is 0.234 e. The topological polar surface area (TPSA) is 170 Å². The molecule has 0 spiro atoms. The maximum absolute atomic E-state index is 11.9. The number of carbonyl (C=O) groups is 1. The molecule has 5 aromatic rings. The molecule has 2 fully saturated rings. The number of rotatable bonds is 7. The van der Waals surface area contributed by atoms with Crippen molar-refractivity contribution in [3.05, 3.63) is 78.4 Å². The van der Waals surface area contributed by atoms with Crippen molar-refractivity contribution in [2.75, 3.05) is 61.9 Å². The summed E-state index contributed by atoms with van der Waals surface area (Å²) in [5.74, 6) is 2.68. The van der Waals surface area contributed by atoms with Crippen LogP contribution in [0.25, 0.3) is 28.2 Å². The van der Waals surface area contributed by atoms with Crippen LogP contribution in [-0.2, 0) is 11.3 Å². The lowest BCUT2D eigenvalue weighted by Gasteiger charge is -2.34. The summed E-state index contributed by atoms with van der Waals surface area (Å²) in [4.78, 5) is 39.0. The first-order chi connectivity index (χ1) is 22.5. The maximum Gasteiger partial charge on any atom is 0.234 e. The molecule has 0 aliphatic carbocycles. The van der Waals surface area contributed by atoms with Gasteiger partial charge in [-0.1, -0.05) is 12.1 Å². The van der Waals surface area contributed by atoms with Gasteiger partial charge in [-0.25, -0.2) is 29.9 Å². The predicted octanol–water partition coefficient (Wildman–Crippen LogP) is 2.20. The number of hydrazine groups is 1. The van der Waals surface area contributed by atoms with Crippen molar-refractivity contribution in [1.82, 2.24) is 44.7 Å². The van der Waals surface area contributed by atoms with Gasteiger partial charge in [0.2, 0.25) is 11.7 Å². The van der Waals surface area contributed by atoms with Crippen LogP contribution >= 0.6 is 0 Å². The number of piperazine rings is 1. The van der Waals surface area contributed by atoms with Crippen LogP contribution in [0.4, 0.5) is 17.5 Å². The number of nitrogens with two attached hydrogens (primary N) is 1. The Kier molecular flexibility index (Phi) is 8.07. The fourth-order valence-corrected chi connectivity index (χ4v) is 5.81. The van der Waals surface area contributed by atoms with Gasteiger partial charge < -0.3 is 21.4 Å². The summed E-state index contributed by atoms with van der Waals surface area (Å²) in [7, 11) is 0. The number of aromatic nitrogens is 6. The molecular weight excluding hydrogens is 582 g/mol. The van der Waals surface area contributed by atoms with Crippen LogP contribution in [0.15, 0.2) is 67.0 Å². The molecule has 1 aromatic carbocycles. The molecule has 4 N–H and O–H groups in total. The molecule has 0 unspecified atom stereocenters. The Labute approximate surface area is 265 Å². The summed E-state index contributed by atoms with van der Waals surface area (Å²) in [6.45, 7) is 6.07. The van der Waals surface area contributed by atoms with Gasteiger partial charge in [-0.3, -0.25) is 14.3 Å². The molecule has 0 radical (unpaired) electrons. The Hall–Kier alpha value is -5.65. The Bertz CT molecular complexity index is 1910. The van der Waals surface area contributed by atoms with E-state index in [1.807, 2.05) is 34.9 Å². The highest BCUT2D eigenvalue weighted by molar-refractivity contribution is 5.84. The summed E-state index contributed by atoms with van der Waals surface area (Å²) in [5.41, 5.74) is 13.9. The van der Waals surface area contributed by atoms with Crippen LogP contribution in [0.5, 0.6) is 0 Å². The van der Waals surface area contributed by atoms with E-state index in [1.165, 1.54) is 5.56 Å². The average Bonchev–Trinajstić information content (AvgIpc) is 3.32. The van der Waals surface area contributed by atoms with Crippen molar-refractivity contribution in [2.24, 2.45) is 0 Å². The van der Waals surface area contributed by atoms with E-state index in [4.69, 9.17) is 21.0 Å².